The molecule has 1 heterocycles. The highest BCUT2D eigenvalue weighted by atomic mass is 16.6. The molecule has 2 unspecified atom stereocenters. The molecule has 0 saturated carbocycles. The third-order valence-electron chi connectivity index (χ3n) is 9.86. The first-order valence-corrected chi connectivity index (χ1v) is 21.2. The van der Waals surface area contributed by atoms with Gasteiger partial charge < -0.3 is 49.5 Å². The number of aliphatic hydroxyl groups is 1. The van der Waals surface area contributed by atoms with E-state index in [0.29, 0.717) is 48.4 Å². The third-order valence-corrected chi connectivity index (χ3v) is 9.86. The highest BCUT2D eigenvalue weighted by molar-refractivity contribution is 5.95. The zero-order chi connectivity index (χ0) is 46.7. The molecule has 63 heavy (non-hydrogen) atoms. The quantitative estimate of drug-likeness (QED) is 0.0462. The normalized spacial score (nSPS) is 19.3. The van der Waals surface area contributed by atoms with Crippen molar-refractivity contribution in [2.75, 3.05) is 19.7 Å². The van der Waals surface area contributed by atoms with Crippen molar-refractivity contribution in [1.82, 2.24) is 16.0 Å². The second-order valence-corrected chi connectivity index (χ2v) is 16.5. The van der Waals surface area contributed by atoms with Crippen molar-refractivity contribution in [3.8, 4) is 5.75 Å². The van der Waals surface area contributed by atoms with Crippen LogP contribution in [0.2, 0.25) is 0 Å². The molecule has 0 aliphatic carbocycles. The molecule has 346 valence electrons. The Hall–Kier alpha value is -5.74. The minimum Gasteiger partial charge on any atom is -0.493 e. The fourth-order valence-corrected chi connectivity index (χ4v) is 7.12. The molecule has 1 aliphatic rings. The summed E-state index contributed by atoms with van der Waals surface area (Å²) in [5.41, 5.74) is -0.632. The summed E-state index contributed by atoms with van der Waals surface area (Å²) >= 11 is 0. The molecule has 1 saturated heterocycles. The molecule has 0 spiro atoms. The van der Waals surface area contributed by atoms with Crippen LogP contribution >= 0.6 is 0 Å². The van der Waals surface area contributed by atoms with Crippen LogP contribution in [0.1, 0.15) is 107 Å². The van der Waals surface area contributed by atoms with Crippen LogP contribution < -0.4 is 20.7 Å². The lowest BCUT2D eigenvalue weighted by molar-refractivity contribution is -0.237. The van der Waals surface area contributed by atoms with Crippen LogP contribution in [0.25, 0.3) is 0 Å². The summed E-state index contributed by atoms with van der Waals surface area (Å²) in [5, 5.41) is 20.0. The first-order valence-electron chi connectivity index (χ1n) is 21.2. The summed E-state index contributed by atoms with van der Waals surface area (Å²) in [4.78, 5) is 78.5. The van der Waals surface area contributed by atoms with Gasteiger partial charge in [0.1, 0.15) is 24.1 Å². The number of ether oxygens (including phenoxy) is 6. The molecule has 6 atom stereocenters. The van der Waals surface area contributed by atoms with Gasteiger partial charge in [0.05, 0.1) is 25.3 Å². The van der Waals surface area contributed by atoms with E-state index in [9.17, 15) is 33.9 Å². The summed E-state index contributed by atoms with van der Waals surface area (Å²) in [5.74, 6) is -2.58. The van der Waals surface area contributed by atoms with E-state index < -0.39 is 84.5 Å². The van der Waals surface area contributed by atoms with E-state index in [2.05, 4.69) is 29.1 Å². The number of aryl methyl sites for hydroxylation is 2. The fourth-order valence-electron chi connectivity index (χ4n) is 7.12. The molecule has 16 heteroatoms. The molecular weight excluding hydrogens is 815 g/mol. The van der Waals surface area contributed by atoms with Gasteiger partial charge in [-0.15, -0.1) is 13.2 Å². The Morgan fingerprint density at radius 3 is 2.21 bits per heavy atom. The number of unbranched alkanes of at least 4 members (excludes halogenated alkanes) is 2. The molecule has 3 amide bonds. The van der Waals surface area contributed by atoms with Crippen molar-refractivity contribution in [2.45, 2.75) is 142 Å². The minimum absolute atomic E-state index is 0.0157. The van der Waals surface area contributed by atoms with Crippen molar-refractivity contribution < 1.29 is 62.3 Å². The second kappa shape index (κ2) is 24.8. The van der Waals surface area contributed by atoms with Crippen LogP contribution in [0.5, 0.6) is 5.75 Å². The van der Waals surface area contributed by atoms with Crippen LogP contribution in [-0.2, 0) is 49.5 Å². The van der Waals surface area contributed by atoms with Crippen molar-refractivity contribution in [2.24, 2.45) is 0 Å². The first kappa shape index (κ1) is 51.6. The number of carbonyl (C=O) groups excluding carboxylic acids is 6. The molecule has 0 bridgehead atoms. The molecule has 2 aromatic carbocycles. The van der Waals surface area contributed by atoms with Gasteiger partial charge in [-0.3, -0.25) is 19.2 Å². The lowest BCUT2D eigenvalue weighted by Crippen LogP contribution is -2.68. The molecular formula is C47H65N3O13. The lowest BCUT2D eigenvalue weighted by atomic mass is 9.81. The average Bonchev–Trinajstić information content (AvgIpc) is 3.20. The smallest absolute Gasteiger partial charge is 0.408 e. The Bertz CT molecular complexity index is 1870. The number of hydrogen-bond donors (Lipinski definition) is 4. The molecule has 1 aliphatic heterocycles. The van der Waals surface area contributed by atoms with E-state index in [1.807, 2.05) is 6.08 Å². The molecule has 0 aromatic heterocycles. The van der Waals surface area contributed by atoms with Gasteiger partial charge in [0, 0.05) is 45.2 Å². The molecule has 3 rings (SSSR count). The predicted octanol–water partition coefficient (Wildman–Crippen LogP) is 5.63. The van der Waals surface area contributed by atoms with Crippen LogP contribution in [0, 0.1) is 13.8 Å². The van der Waals surface area contributed by atoms with E-state index in [1.165, 1.54) is 6.08 Å². The Labute approximate surface area is 370 Å². The average molecular weight is 880 g/mol. The summed E-state index contributed by atoms with van der Waals surface area (Å²) in [6, 6.07) is 10.7. The zero-order valence-electron chi connectivity index (χ0n) is 37.6. The van der Waals surface area contributed by atoms with Crippen molar-refractivity contribution >= 4 is 35.8 Å². The summed E-state index contributed by atoms with van der Waals surface area (Å²) < 4.78 is 35.1. The summed E-state index contributed by atoms with van der Waals surface area (Å²) in [6.45, 7) is 18.3. The van der Waals surface area contributed by atoms with Gasteiger partial charge in [0.2, 0.25) is 5.91 Å². The Balaban J connectivity index is 1.89. The summed E-state index contributed by atoms with van der Waals surface area (Å²) in [6.07, 6.45) is -0.990. The number of carbonyl (C=O) groups is 6. The summed E-state index contributed by atoms with van der Waals surface area (Å²) in [7, 11) is 0. The maximum Gasteiger partial charge on any atom is 0.408 e. The SMILES string of the molecule is C=CCCCCC(=O)NCCCOc1c(C)cc(C(=O)NCC(OC(C)=O)[C@@H](OC(C)=O)[C@@H]2O[C@@](CC=C)(C(=O)OCc3ccccc3)C[C@H](O)C2NC(=O)OC(C)(C)C)cc1C. The second-order valence-electron chi connectivity index (χ2n) is 16.5. The zero-order valence-corrected chi connectivity index (χ0v) is 37.6. The fraction of sp³-hybridized carbons (Fsp3) is 0.532. The van der Waals surface area contributed by atoms with Crippen LogP contribution in [0.3, 0.4) is 0 Å². The van der Waals surface area contributed by atoms with Gasteiger partial charge in [0.25, 0.3) is 5.91 Å². The van der Waals surface area contributed by atoms with Crippen molar-refractivity contribution in [3.05, 3.63) is 90.0 Å². The van der Waals surface area contributed by atoms with E-state index in [1.54, 1.807) is 77.1 Å². The largest absolute Gasteiger partial charge is 0.493 e. The van der Waals surface area contributed by atoms with Gasteiger partial charge in [-0.25, -0.2) is 9.59 Å². The number of allylic oxidation sites excluding steroid dienone is 1. The van der Waals surface area contributed by atoms with Crippen molar-refractivity contribution in [1.29, 1.82) is 0 Å². The Kier molecular flexibility index (Phi) is 20.3. The highest BCUT2D eigenvalue weighted by Gasteiger charge is 2.56. The monoisotopic (exact) mass is 879 g/mol. The number of hydrogen-bond acceptors (Lipinski definition) is 13. The Morgan fingerprint density at radius 2 is 1.60 bits per heavy atom. The van der Waals surface area contributed by atoms with Gasteiger partial charge in [0.15, 0.2) is 17.8 Å². The van der Waals surface area contributed by atoms with Crippen LogP contribution in [0.15, 0.2) is 67.8 Å². The number of rotatable bonds is 23. The maximum absolute atomic E-state index is 14.0. The van der Waals surface area contributed by atoms with Crippen LogP contribution in [-0.4, -0.2) is 102 Å². The molecule has 16 nitrogen and oxygen atoms in total. The number of esters is 3. The number of benzene rings is 2. The van der Waals surface area contributed by atoms with E-state index in [-0.39, 0.29) is 24.5 Å². The highest BCUT2D eigenvalue weighted by Crippen LogP contribution is 2.37. The standard InChI is InChI=1S/C47H65N3O13/c1-10-12-13-17-21-38(54)48-23-18-24-58-40-30(3)25-35(26-31(40)4)43(55)49-28-37(60-32(5)51)41(61-33(6)52)42-39(50-45(57)63-46(7,8)9)36(53)27-47(62-42,22-11-2)44(56)59-29-34-19-15-14-16-20-34/h10-11,14-16,19-20,25-26,36-37,39,41-42,53H,1-2,12-13,17-18,21-24,27-29H2,3-9H3,(H,48,54)(H,49,55)(H,50,57)/t36-,37?,39?,41+,42+,47+/m0/s1. The van der Waals surface area contributed by atoms with Gasteiger partial charge in [-0.1, -0.05) is 42.5 Å². The maximum atomic E-state index is 14.0. The van der Waals surface area contributed by atoms with Crippen LogP contribution in [0.4, 0.5) is 4.79 Å². The van der Waals surface area contributed by atoms with E-state index in [0.717, 1.165) is 33.1 Å². The topological polar surface area (TPSA) is 214 Å². The van der Waals surface area contributed by atoms with E-state index in [4.69, 9.17) is 28.4 Å². The lowest BCUT2D eigenvalue weighted by Gasteiger charge is -2.48. The molecule has 1 fully saturated rings. The molecule has 0 radical (unpaired) electrons. The molecule has 4 N–H and O–H groups in total. The number of alkyl carbamates (subject to hydrolysis) is 1. The van der Waals surface area contributed by atoms with Gasteiger partial charge in [-0.05, 0) is 89.1 Å². The molecule has 2 aromatic rings. The first-order chi connectivity index (χ1) is 29.8. The minimum atomic E-state index is -1.92. The van der Waals surface area contributed by atoms with Gasteiger partial charge >= 0.3 is 24.0 Å². The van der Waals surface area contributed by atoms with Crippen molar-refractivity contribution in [3.63, 3.8) is 0 Å². The Morgan fingerprint density at radius 1 is 0.937 bits per heavy atom. The van der Waals surface area contributed by atoms with Gasteiger partial charge in [-0.2, -0.15) is 0 Å². The number of amides is 3. The predicted molar refractivity (Wildman–Crippen MR) is 234 cm³/mol. The number of nitrogens with one attached hydrogen (secondary N) is 3. The van der Waals surface area contributed by atoms with E-state index >= 15 is 0 Å². The third kappa shape index (κ3) is 16.8. The number of aliphatic hydroxyl groups excluding tert-OH is 1.